The van der Waals surface area contributed by atoms with Gasteiger partial charge in [0.1, 0.15) is 5.01 Å². The normalized spacial score (nSPS) is 11.3. The van der Waals surface area contributed by atoms with E-state index in [0.29, 0.717) is 10.6 Å². The number of rotatable bonds is 6. The zero-order chi connectivity index (χ0) is 22.0. The smallest absolute Gasteiger partial charge is 0.293 e. The van der Waals surface area contributed by atoms with Gasteiger partial charge < -0.3 is 0 Å². The second-order valence-corrected chi connectivity index (χ2v) is 10.4. The Hall–Kier alpha value is -3.22. The average molecular weight is 473 g/mol. The first-order chi connectivity index (χ1) is 14.8. The molecule has 0 bridgehead atoms. The highest BCUT2D eigenvalue weighted by molar-refractivity contribution is 7.94. The Morgan fingerprint density at radius 3 is 2.35 bits per heavy atom. The van der Waals surface area contributed by atoms with Gasteiger partial charge in [-0.2, -0.15) is 8.42 Å². The maximum Gasteiger partial charge on any atom is 0.293 e. The highest BCUT2D eigenvalue weighted by atomic mass is 32.2. The molecule has 0 radical (unpaired) electrons. The molecule has 0 saturated heterocycles. The van der Waals surface area contributed by atoms with Crippen molar-refractivity contribution >= 4 is 48.9 Å². The lowest BCUT2D eigenvalue weighted by Crippen LogP contribution is -2.12. The fourth-order valence-electron chi connectivity index (χ4n) is 2.56. The molecule has 0 saturated carbocycles. The Labute approximate surface area is 186 Å². The highest BCUT2D eigenvalue weighted by Gasteiger charge is 2.23. The van der Waals surface area contributed by atoms with Gasteiger partial charge in [0.15, 0.2) is 0 Å². The van der Waals surface area contributed by atoms with Crippen LogP contribution in [0.2, 0.25) is 0 Å². The van der Waals surface area contributed by atoms with Crippen molar-refractivity contribution in [1.82, 2.24) is 20.4 Å². The first kappa shape index (κ1) is 21.0. The lowest BCUT2D eigenvalue weighted by atomic mass is 10.1. The number of hydrogen-bond acceptors (Lipinski definition) is 9. The Morgan fingerprint density at radius 2 is 1.61 bits per heavy atom. The summed E-state index contributed by atoms with van der Waals surface area (Å²) < 4.78 is 27.3. The highest BCUT2D eigenvalue weighted by Crippen LogP contribution is 2.29. The molecule has 0 aliphatic heterocycles. The van der Waals surface area contributed by atoms with Crippen LogP contribution in [0.25, 0.3) is 10.6 Å². The van der Waals surface area contributed by atoms with Gasteiger partial charge in [-0.05, 0) is 26.0 Å². The van der Waals surface area contributed by atoms with Crippen molar-refractivity contribution in [3.8, 4) is 10.6 Å². The van der Waals surface area contributed by atoms with Gasteiger partial charge in [-0.1, -0.05) is 70.2 Å². The number of amides is 1. The van der Waals surface area contributed by atoms with Crippen molar-refractivity contribution in [2.75, 3.05) is 10.0 Å². The maximum atomic E-state index is 12.6. The number of hydrogen-bond donors (Lipinski definition) is 2. The third-order valence-electron chi connectivity index (χ3n) is 4.08. The number of benzene rings is 2. The Balaban J connectivity index is 1.47. The maximum absolute atomic E-state index is 12.6. The molecule has 2 aromatic carbocycles. The topological polar surface area (TPSA) is 127 Å². The minimum atomic E-state index is -4.02. The summed E-state index contributed by atoms with van der Waals surface area (Å²) >= 11 is 1.85. The zero-order valence-corrected chi connectivity index (χ0v) is 18.8. The average Bonchev–Trinajstić information content (AvgIpc) is 3.38. The van der Waals surface area contributed by atoms with Gasteiger partial charge in [-0.15, -0.1) is 20.4 Å². The van der Waals surface area contributed by atoms with Gasteiger partial charge in [0.05, 0.1) is 0 Å². The van der Waals surface area contributed by atoms with E-state index in [1.165, 1.54) is 0 Å². The summed E-state index contributed by atoms with van der Waals surface area (Å²) in [7, 11) is -4.02. The van der Waals surface area contributed by atoms with Crippen LogP contribution in [0.1, 0.15) is 21.5 Å². The van der Waals surface area contributed by atoms with E-state index in [0.717, 1.165) is 39.4 Å². The van der Waals surface area contributed by atoms with E-state index < -0.39 is 15.9 Å². The summed E-state index contributed by atoms with van der Waals surface area (Å²) in [5, 5.41) is 18.7. The summed E-state index contributed by atoms with van der Waals surface area (Å²) in [6.07, 6.45) is 0. The molecule has 0 aliphatic carbocycles. The number of nitrogens with zero attached hydrogens (tertiary/aromatic N) is 4. The van der Waals surface area contributed by atoms with Crippen LogP contribution in [0.5, 0.6) is 0 Å². The summed E-state index contributed by atoms with van der Waals surface area (Å²) in [6, 6.07) is 14.7. The van der Waals surface area contributed by atoms with E-state index in [9.17, 15) is 13.2 Å². The molecule has 0 aliphatic rings. The van der Waals surface area contributed by atoms with Crippen LogP contribution in [0, 0.1) is 13.8 Å². The summed E-state index contributed by atoms with van der Waals surface area (Å²) in [5.74, 6) is -0.399. The molecule has 31 heavy (non-hydrogen) atoms. The van der Waals surface area contributed by atoms with E-state index in [2.05, 4.69) is 30.4 Å². The van der Waals surface area contributed by atoms with Crippen molar-refractivity contribution in [2.45, 2.75) is 18.2 Å². The van der Waals surface area contributed by atoms with Crippen LogP contribution in [0.15, 0.2) is 52.9 Å². The van der Waals surface area contributed by atoms with Crippen molar-refractivity contribution in [3.05, 3.63) is 65.2 Å². The Morgan fingerprint density at radius 1 is 0.871 bits per heavy atom. The molecule has 2 heterocycles. The molecule has 4 rings (SSSR count). The Bertz CT molecular complexity index is 1350. The lowest BCUT2D eigenvalue weighted by Gasteiger charge is -2.02. The van der Waals surface area contributed by atoms with Crippen molar-refractivity contribution in [1.29, 1.82) is 0 Å². The third-order valence-corrected chi connectivity index (χ3v) is 7.64. The van der Waals surface area contributed by atoms with Crippen LogP contribution < -0.4 is 10.0 Å². The molecule has 0 spiro atoms. The number of anilines is 2. The number of sulfonamides is 1. The molecule has 158 valence electrons. The molecule has 4 aromatic rings. The third kappa shape index (κ3) is 4.93. The van der Waals surface area contributed by atoms with E-state index in [4.69, 9.17) is 0 Å². The van der Waals surface area contributed by atoms with E-state index >= 15 is 0 Å². The van der Waals surface area contributed by atoms with E-state index in [1.807, 2.05) is 44.2 Å². The van der Waals surface area contributed by atoms with Crippen LogP contribution >= 0.6 is 22.7 Å². The number of nitrogens with one attached hydrogen (secondary N) is 2. The quantitative estimate of drug-likeness (QED) is 0.409. The first-order valence-electron chi connectivity index (χ1n) is 8.95. The number of carbonyl (C=O) groups excluding carboxylic acids is 1. The fourth-order valence-corrected chi connectivity index (χ4v) is 5.44. The van der Waals surface area contributed by atoms with E-state index in [1.54, 1.807) is 18.2 Å². The summed E-state index contributed by atoms with van der Waals surface area (Å²) in [6.45, 7) is 3.85. The molecule has 0 fully saturated rings. The predicted octanol–water partition coefficient (Wildman–Crippen LogP) is 3.73. The molecular formula is C19H16N6O3S3. The molecule has 2 aromatic heterocycles. The predicted molar refractivity (Wildman–Crippen MR) is 120 cm³/mol. The number of aromatic nitrogens is 4. The van der Waals surface area contributed by atoms with Crippen LogP contribution in [0.3, 0.4) is 0 Å². The van der Waals surface area contributed by atoms with Gasteiger partial charge in [-0.3, -0.25) is 14.8 Å². The first-order valence-corrected chi connectivity index (χ1v) is 12.1. The van der Waals surface area contributed by atoms with Crippen LogP contribution in [0.4, 0.5) is 10.3 Å². The summed E-state index contributed by atoms with van der Waals surface area (Å²) in [5.41, 5.74) is 3.32. The van der Waals surface area contributed by atoms with Gasteiger partial charge in [0, 0.05) is 11.1 Å². The van der Waals surface area contributed by atoms with Gasteiger partial charge in [-0.25, -0.2) is 0 Å². The minimum Gasteiger partial charge on any atom is -0.296 e. The molecular weight excluding hydrogens is 456 g/mol. The van der Waals surface area contributed by atoms with Crippen molar-refractivity contribution in [3.63, 3.8) is 0 Å². The molecule has 1 amide bonds. The second kappa shape index (κ2) is 8.49. The molecule has 12 heteroatoms. The standard InChI is InChI=1S/C19H16N6O3S3/c1-11-6-8-13(9-7-11)16-21-23-18(29-16)25-31(27,28)19-24-22-17(30-19)20-15(26)14-5-3-4-12(2)10-14/h3-10H,1-2H3,(H,23,25)(H,20,22,26). The summed E-state index contributed by atoms with van der Waals surface area (Å²) in [4.78, 5) is 12.3. The SMILES string of the molecule is Cc1ccc(-c2nnc(NS(=O)(=O)c3nnc(NC(=O)c4cccc(C)c4)s3)s2)cc1. The van der Waals surface area contributed by atoms with Gasteiger partial charge >= 0.3 is 0 Å². The van der Waals surface area contributed by atoms with E-state index in [-0.39, 0.29) is 14.6 Å². The fraction of sp³-hybridized carbons (Fsp3) is 0.105. The Kier molecular flexibility index (Phi) is 5.76. The lowest BCUT2D eigenvalue weighted by molar-refractivity contribution is 0.102. The molecule has 2 N–H and O–H groups in total. The van der Waals surface area contributed by atoms with Crippen molar-refractivity contribution < 1.29 is 13.2 Å². The van der Waals surface area contributed by atoms with Crippen molar-refractivity contribution in [2.24, 2.45) is 0 Å². The largest absolute Gasteiger partial charge is 0.296 e. The monoisotopic (exact) mass is 472 g/mol. The second-order valence-electron chi connectivity index (χ2n) is 6.58. The molecule has 0 unspecified atom stereocenters. The van der Waals surface area contributed by atoms with Crippen LogP contribution in [-0.4, -0.2) is 34.7 Å². The van der Waals surface area contributed by atoms with Crippen LogP contribution in [-0.2, 0) is 10.0 Å². The van der Waals surface area contributed by atoms with Gasteiger partial charge in [0.25, 0.3) is 20.3 Å². The number of carbonyl (C=O) groups is 1. The number of aryl methyl sites for hydroxylation is 2. The van der Waals surface area contributed by atoms with Gasteiger partial charge in [0.2, 0.25) is 10.3 Å². The zero-order valence-electron chi connectivity index (χ0n) is 16.4. The molecule has 9 nitrogen and oxygen atoms in total. The molecule has 0 atom stereocenters. The minimum absolute atomic E-state index is 0.0736.